The maximum absolute atomic E-state index is 12.0. The molecule has 0 radical (unpaired) electrons. The molecular formula is C12H17N3O3S. The first-order valence-corrected chi connectivity index (χ1v) is 6.94. The highest BCUT2D eigenvalue weighted by molar-refractivity contribution is 7.13. The zero-order valence-electron chi connectivity index (χ0n) is 11.1. The molecule has 0 aromatic carbocycles. The molecule has 1 heterocycles. The van der Waals surface area contributed by atoms with Crippen molar-refractivity contribution in [2.45, 2.75) is 38.1 Å². The Morgan fingerprint density at radius 1 is 1.53 bits per heavy atom. The first kappa shape index (κ1) is 13.8. The molecule has 0 unspecified atom stereocenters. The van der Waals surface area contributed by atoms with E-state index < -0.39 is 17.5 Å². The molecule has 0 spiro atoms. The van der Waals surface area contributed by atoms with Gasteiger partial charge < -0.3 is 10.0 Å². The second-order valence-electron chi connectivity index (χ2n) is 5.21. The van der Waals surface area contributed by atoms with E-state index in [4.69, 9.17) is 5.11 Å². The molecule has 2 rings (SSSR count). The lowest BCUT2D eigenvalue weighted by Gasteiger charge is -2.31. The van der Waals surface area contributed by atoms with Crippen LogP contribution in [0.15, 0.2) is 5.38 Å². The molecule has 0 aliphatic heterocycles. The Morgan fingerprint density at radius 3 is 2.68 bits per heavy atom. The molecule has 0 bridgehead atoms. The number of carboxylic acid groups (broad SMARTS) is 1. The minimum atomic E-state index is -1.26. The van der Waals surface area contributed by atoms with E-state index in [0.717, 1.165) is 23.4 Å². The summed E-state index contributed by atoms with van der Waals surface area (Å²) in [5.74, 6) is -0.516. The summed E-state index contributed by atoms with van der Waals surface area (Å²) in [6.45, 7) is 2.96. The van der Waals surface area contributed by atoms with Gasteiger partial charge in [0.25, 0.3) is 0 Å². The SMILES string of the molecule is CN(C(=O)Nc1nc(C2CC2)cs1)C(C)(C)C(=O)O. The van der Waals surface area contributed by atoms with E-state index in [9.17, 15) is 9.59 Å². The van der Waals surface area contributed by atoms with Gasteiger partial charge in [-0.3, -0.25) is 5.32 Å². The van der Waals surface area contributed by atoms with Crippen LogP contribution in [0.4, 0.5) is 9.93 Å². The first-order chi connectivity index (χ1) is 8.82. The van der Waals surface area contributed by atoms with Crippen molar-refractivity contribution in [1.82, 2.24) is 9.88 Å². The van der Waals surface area contributed by atoms with Crippen LogP contribution < -0.4 is 5.32 Å². The molecule has 2 amide bonds. The molecule has 1 aromatic rings. The molecule has 0 atom stereocenters. The quantitative estimate of drug-likeness (QED) is 0.888. The molecule has 104 valence electrons. The highest BCUT2D eigenvalue weighted by Gasteiger charge is 2.35. The van der Waals surface area contributed by atoms with Gasteiger partial charge in [-0.25, -0.2) is 14.6 Å². The van der Waals surface area contributed by atoms with Crippen LogP contribution in [-0.2, 0) is 4.79 Å². The highest BCUT2D eigenvalue weighted by atomic mass is 32.1. The number of anilines is 1. The fraction of sp³-hybridized carbons (Fsp3) is 0.583. The van der Waals surface area contributed by atoms with Crippen molar-refractivity contribution in [1.29, 1.82) is 0 Å². The van der Waals surface area contributed by atoms with Gasteiger partial charge in [-0.05, 0) is 26.7 Å². The van der Waals surface area contributed by atoms with Crippen LogP contribution in [0, 0.1) is 0 Å². The second kappa shape index (κ2) is 4.80. The molecule has 19 heavy (non-hydrogen) atoms. The largest absolute Gasteiger partial charge is 0.480 e. The number of carboxylic acids is 1. The number of aliphatic carboxylic acids is 1. The van der Waals surface area contributed by atoms with E-state index in [1.807, 2.05) is 5.38 Å². The first-order valence-electron chi connectivity index (χ1n) is 6.06. The minimum absolute atomic E-state index is 0.468. The predicted octanol–water partition coefficient (Wildman–Crippen LogP) is 2.35. The van der Waals surface area contributed by atoms with Gasteiger partial charge in [-0.1, -0.05) is 0 Å². The van der Waals surface area contributed by atoms with Gasteiger partial charge >= 0.3 is 12.0 Å². The molecule has 2 N–H and O–H groups in total. The summed E-state index contributed by atoms with van der Waals surface area (Å²) in [7, 11) is 1.46. The van der Waals surface area contributed by atoms with Crippen LogP contribution in [0.5, 0.6) is 0 Å². The van der Waals surface area contributed by atoms with E-state index in [1.54, 1.807) is 0 Å². The zero-order chi connectivity index (χ0) is 14.2. The summed E-state index contributed by atoms with van der Waals surface area (Å²) in [6.07, 6.45) is 2.31. The van der Waals surface area contributed by atoms with Gasteiger partial charge in [0.1, 0.15) is 5.54 Å². The molecule has 1 aliphatic carbocycles. The number of hydrogen-bond donors (Lipinski definition) is 2. The summed E-state index contributed by atoms with van der Waals surface area (Å²) in [6, 6.07) is -0.468. The zero-order valence-corrected chi connectivity index (χ0v) is 12.0. The number of thiazole rings is 1. The second-order valence-corrected chi connectivity index (χ2v) is 6.06. The third-order valence-corrected chi connectivity index (χ3v) is 4.17. The lowest BCUT2D eigenvalue weighted by atomic mass is 10.1. The third kappa shape index (κ3) is 2.86. The number of urea groups is 1. The Bertz CT molecular complexity index is 508. The summed E-state index contributed by atoms with van der Waals surface area (Å²) >= 11 is 1.37. The number of hydrogen-bond acceptors (Lipinski definition) is 4. The van der Waals surface area contributed by atoms with Crippen LogP contribution in [0.25, 0.3) is 0 Å². The lowest BCUT2D eigenvalue weighted by molar-refractivity contribution is -0.146. The van der Waals surface area contributed by atoms with Crippen LogP contribution in [0.2, 0.25) is 0 Å². The average molecular weight is 283 g/mol. The summed E-state index contributed by atoms with van der Waals surface area (Å²) in [4.78, 5) is 28.6. The number of carbonyl (C=O) groups excluding carboxylic acids is 1. The standard InChI is InChI=1S/C12H17N3O3S/c1-12(2,9(16)17)15(3)11(18)14-10-13-8(6-19-10)7-4-5-7/h6-7H,4-5H2,1-3H3,(H,16,17)(H,13,14,18). The Morgan fingerprint density at radius 2 is 2.16 bits per heavy atom. The number of nitrogens with one attached hydrogen (secondary N) is 1. The Labute approximate surface area is 115 Å². The van der Waals surface area contributed by atoms with E-state index in [0.29, 0.717) is 11.0 Å². The number of carbonyl (C=O) groups is 2. The molecule has 1 fully saturated rings. The molecule has 0 saturated heterocycles. The molecule has 6 nitrogen and oxygen atoms in total. The van der Waals surface area contributed by atoms with Crippen LogP contribution in [0.1, 0.15) is 38.3 Å². The number of likely N-dealkylation sites (N-methyl/N-ethyl adjacent to an activating group) is 1. The Kier molecular flexibility index (Phi) is 3.49. The predicted molar refractivity (Wildman–Crippen MR) is 72.6 cm³/mol. The van der Waals surface area contributed by atoms with Crippen molar-refractivity contribution in [3.8, 4) is 0 Å². The summed E-state index contributed by atoms with van der Waals surface area (Å²) < 4.78 is 0. The molecular weight excluding hydrogens is 266 g/mol. The molecule has 1 aromatic heterocycles. The van der Waals surface area contributed by atoms with E-state index in [1.165, 1.54) is 32.2 Å². The summed E-state index contributed by atoms with van der Waals surface area (Å²) in [5.41, 5.74) is -0.249. The van der Waals surface area contributed by atoms with E-state index >= 15 is 0 Å². The van der Waals surface area contributed by atoms with Crippen molar-refractivity contribution in [3.05, 3.63) is 11.1 Å². The van der Waals surface area contributed by atoms with Gasteiger partial charge in [0.2, 0.25) is 0 Å². The number of rotatable bonds is 4. The van der Waals surface area contributed by atoms with Crippen molar-refractivity contribution >= 4 is 28.5 Å². The van der Waals surface area contributed by atoms with Gasteiger partial charge in [-0.2, -0.15) is 0 Å². The van der Waals surface area contributed by atoms with Gasteiger partial charge in [0.05, 0.1) is 5.69 Å². The summed E-state index contributed by atoms with van der Waals surface area (Å²) in [5, 5.41) is 14.2. The number of amides is 2. The van der Waals surface area contributed by atoms with E-state index in [-0.39, 0.29) is 0 Å². The van der Waals surface area contributed by atoms with Gasteiger partial charge in [0.15, 0.2) is 5.13 Å². The normalized spacial score (nSPS) is 15.1. The van der Waals surface area contributed by atoms with Crippen molar-refractivity contribution in [3.63, 3.8) is 0 Å². The topological polar surface area (TPSA) is 82.5 Å². The number of aromatic nitrogens is 1. The fourth-order valence-electron chi connectivity index (χ4n) is 1.48. The van der Waals surface area contributed by atoms with Crippen LogP contribution in [0.3, 0.4) is 0 Å². The maximum atomic E-state index is 12.0. The Hall–Kier alpha value is -1.63. The lowest BCUT2D eigenvalue weighted by Crippen LogP contribution is -2.52. The molecule has 1 aliphatic rings. The fourth-order valence-corrected chi connectivity index (χ4v) is 2.26. The van der Waals surface area contributed by atoms with Crippen molar-refractivity contribution in [2.24, 2.45) is 0 Å². The Balaban J connectivity index is 2.01. The average Bonchev–Trinajstić information content (AvgIpc) is 3.09. The monoisotopic (exact) mass is 283 g/mol. The smallest absolute Gasteiger partial charge is 0.329 e. The molecule has 7 heteroatoms. The van der Waals surface area contributed by atoms with E-state index in [2.05, 4.69) is 10.3 Å². The van der Waals surface area contributed by atoms with Gasteiger partial charge in [0, 0.05) is 18.3 Å². The van der Waals surface area contributed by atoms with Gasteiger partial charge in [-0.15, -0.1) is 11.3 Å². The molecule has 1 saturated carbocycles. The third-order valence-electron chi connectivity index (χ3n) is 3.40. The maximum Gasteiger partial charge on any atom is 0.329 e. The minimum Gasteiger partial charge on any atom is -0.480 e. The van der Waals surface area contributed by atoms with Crippen molar-refractivity contribution in [2.75, 3.05) is 12.4 Å². The van der Waals surface area contributed by atoms with Crippen LogP contribution in [-0.4, -0.2) is 39.6 Å². The number of nitrogens with zero attached hydrogens (tertiary/aromatic N) is 2. The van der Waals surface area contributed by atoms with Crippen molar-refractivity contribution < 1.29 is 14.7 Å². The highest BCUT2D eigenvalue weighted by Crippen LogP contribution is 2.40. The van der Waals surface area contributed by atoms with Crippen LogP contribution >= 0.6 is 11.3 Å².